The first-order valence-corrected chi connectivity index (χ1v) is 5.79. The summed E-state index contributed by atoms with van der Waals surface area (Å²) in [6, 6.07) is 8.14. The molecule has 0 bridgehead atoms. The van der Waals surface area contributed by atoms with Gasteiger partial charge in [0.2, 0.25) is 0 Å². The van der Waals surface area contributed by atoms with Crippen LogP contribution < -0.4 is 5.32 Å². The number of hydrogen-bond acceptors (Lipinski definition) is 4. The quantitative estimate of drug-likeness (QED) is 0.858. The molecule has 2 rings (SSSR count). The zero-order valence-electron chi connectivity index (χ0n) is 8.60. The van der Waals surface area contributed by atoms with Gasteiger partial charge in [0, 0.05) is 11.4 Å². The third kappa shape index (κ3) is 3.02. The zero-order chi connectivity index (χ0) is 10.5. The average molecular weight is 219 g/mol. The van der Waals surface area contributed by atoms with Crippen LogP contribution in [-0.2, 0) is 6.42 Å². The highest BCUT2D eigenvalue weighted by molar-refractivity contribution is 7.09. The molecule has 0 fully saturated rings. The minimum Gasteiger partial charge on any atom is -0.368 e. The third-order valence-electron chi connectivity index (χ3n) is 2.06. The third-order valence-corrected chi connectivity index (χ3v) is 2.99. The Hall–Kier alpha value is -1.42. The maximum absolute atomic E-state index is 4.04. The number of aromatic nitrogens is 2. The summed E-state index contributed by atoms with van der Waals surface area (Å²) in [5, 5.41) is 13.4. The number of aryl methyl sites for hydroxylation is 1. The molecule has 1 N–H and O–H groups in total. The second-order valence-corrected chi connectivity index (χ2v) is 4.35. The summed E-state index contributed by atoms with van der Waals surface area (Å²) in [7, 11) is 0. The largest absolute Gasteiger partial charge is 0.368 e. The smallest absolute Gasteiger partial charge is 0.148 e. The van der Waals surface area contributed by atoms with Gasteiger partial charge in [-0.15, -0.1) is 16.4 Å². The zero-order valence-corrected chi connectivity index (χ0v) is 9.42. The predicted molar refractivity (Wildman–Crippen MR) is 63.3 cm³/mol. The van der Waals surface area contributed by atoms with Crippen molar-refractivity contribution < 1.29 is 0 Å². The lowest BCUT2D eigenvalue weighted by Gasteiger charge is -2.03. The van der Waals surface area contributed by atoms with Crippen LogP contribution in [0.4, 0.5) is 5.82 Å². The standard InChI is InChI=1S/C11H13N3S/c1-9-4-5-11(14-13-9)12-7-6-10-3-2-8-15-10/h2-5,8H,6-7H2,1H3,(H,12,14). The van der Waals surface area contributed by atoms with Gasteiger partial charge in [0.05, 0.1) is 5.69 Å². The van der Waals surface area contributed by atoms with Gasteiger partial charge in [-0.2, -0.15) is 5.10 Å². The fraction of sp³-hybridized carbons (Fsp3) is 0.273. The Morgan fingerprint density at radius 2 is 2.20 bits per heavy atom. The van der Waals surface area contributed by atoms with Crippen LogP contribution in [0.2, 0.25) is 0 Å². The molecule has 4 heteroatoms. The van der Waals surface area contributed by atoms with Gasteiger partial charge in [-0.05, 0) is 36.9 Å². The Morgan fingerprint density at radius 3 is 2.87 bits per heavy atom. The first kappa shape index (κ1) is 10.1. The van der Waals surface area contributed by atoms with Gasteiger partial charge in [0.1, 0.15) is 5.82 Å². The molecule has 0 atom stereocenters. The fourth-order valence-electron chi connectivity index (χ4n) is 1.26. The first-order valence-electron chi connectivity index (χ1n) is 4.91. The van der Waals surface area contributed by atoms with Gasteiger partial charge >= 0.3 is 0 Å². The summed E-state index contributed by atoms with van der Waals surface area (Å²) in [5.41, 5.74) is 0.943. The molecule has 78 valence electrons. The van der Waals surface area contributed by atoms with E-state index in [2.05, 4.69) is 33.0 Å². The van der Waals surface area contributed by atoms with Crippen molar-refractivity contribution in [1.82, 2.24) is 10.2 Å². The fourth-order valence-corrected chi connectivity index (χ4v) is 1.97. The van der Waals surface area contributed by atoms with Crippen molar-refractivity contribution in [2.45, 2.75) is 13.3 Å². The molecule has 0 aliphatic carbocycles. The maximum atomic E-state index is 4.04. The molecule has 2 heterocycles. The molecule has 0 unspecified atom stereocenters. The number of hydrogen-bond donors (Lipinski definition) is 1. The number of rotatable bonds is 4. The van der Waals surface area contributed by atoms with Crippen LogP contribution >= 0.6 is 11.3 Å². The Bertz CT molecular complexity index is 394. The molecular formula is C11H13N3S. The van der Waals surface area contributed by atoms with Crippen LogP contribution in [0.1, 0.15) is 10.6 Å². The molecule has 2 aromatic heterocycles. The van der Waals surface area contributed by atoms with E-state index in [-0.39, 0.29) is 0 Å². The molecule has 0 saturated carbocycles. The Kier molecular flexibility index (Phi) is 3.29. The predicted octanol–water partition coefficient (Wildman–Crippen LogP) is 2.50. The highest BCUT2D eigenvalue weighted by atomic mass is 32.1. The first-order chi connectivity index (χ1) is 7.34. The van der Waals surface area contributed by atoms with E-state index in [9.17, 15) is 0 Å². The molecule has 0 aliphatic rings. The van der Waals surface area contributed by atoms with Crippen LogP contribution in [0.15, 0.2) is 29.6 Å². The molecule has 0 saturated heterocycles. The molecule has 0 aliphatic heterocycles. The van der Waals surface area contributed by atoms with Crippen LogP contribution in [-0.4, -0.2) is 16.7 Å². The normalized spacial score (nSPS) is 10.2. The van der Waals surface area contributed by atoms with Gasteiger partial charge in [-0.1, -0.05) is 6.07 Å². The van der Waals surface area contributed by atoms with E-state index in [0.717, 1.165) is 24.5 Å². The van der Waals surface area contributed by atoms with Crippen LogP contribution in [0.3, 0.4) is 0 Å². The summed E-state index contributed by atoms with van der Waals surface area (Å²) < 4.78 is 0. The lowest BCUT2D eigenvalue weighted by atomic mass is 10.3. The highest BCUT2D eigenvalue weighted by Gasteiger charge is 1.95. The number of anilines is 1. The summed E-state index contributed by atoms with van der Waals surface area (Å²) in [4.78, 5) is 1.39. The van der Waals surface area contributed by atoms with Crippen molar-refractivity contribution in [2.75, 3.05) is 11.9 Å². The van der Waals surface area contributed by atoms with E-state index >= 15 is 0 Å². The van der Waals surface area contributed by atoms with Crippen molar-refractivity contribution in [2.24, 2.45) is 0 Å². The molecule has 15 heavy (non-hydrogen) atoms. The minimum absolute atomic E-state index is 0.845. The van der Waals surface area contributed by atoms with Gasteiger partial charge in [-0.25, -0.2) is 0 Å². The summed E-state index contributed by atoms with van der Waals surface area (Å²) in [6.45, 7) is 2.83. The maximum Gasteiger partial charge on any atom is 0.148 e. The van der Waals surface area contributed by atoms with Crippen molar-refractivity contribution in [3.05, 3.63) is 40.2 Å². The van der Waals surface area contributed by atoms with Crippen molar-refractivity contribution in [1.29, 1.82) is 0 Å². The van der Waals surface area contributed by atoms with Crippen molar-refractivity contribution in [3.63, 3.8) is 0 Å². The second-order valence-electron chi connectivity index (χ2n) is 3.32. The molecule has 3 nitrogen and oxygen atoms in total. The monoisotopic (exact) mass is 219 g/mol. The van der Waals surface area contributed by atoms with E-state index in [4.69, 9.17) is 0 Å². The molecular weight excluding hydrogens is 206 g/mol. The van der Waals surface area contributed by atoms with Crippen molar-refractivity contribution in [3.8, 4) is 0 Å². The summed E-state index contributed by atoms with van der Waals surface area (Å²) >= 11 is 1.78. The molecule has 0 radical (unpaired) electrons. The molecule has 2 aromatic rings. The molecule has 0 aromatic carbocycles. The van der Waals surface area contributed by atoms with Gasteiger partial charge in [0.15, 0.2) is 0 Å². The lowest BCUT2D eigenvalue weighted by Crippen LogP contribution is -2.06. The molecule has 0 amide bonds. The minimum atomic E-state index is 0.845. The Balaban J connectivity index is 1.81. The van der Waals surface area contributed by atoms with Crippen LogP contribution in [0.5, 0.6) is 0 Å². The van der Waals surface area contributed by atoms with Crippen molar-refractivity contribution >= 4 is 17.2 Å². The van der Waals surface area contributed by atoms with Gasteiger partial charge < -0.3 is 5.32 Å². The topological polar surface area (TPSA) is 37.8 Å². The number of nitrogens with one attached hydrogen (secondary N) is 1. The summed E-state index contributed by atoms with van der Waals surface area (Å²) in [6.07, 6.45) is 1.03. The van der Waals surface area contributed by atoms with Crippen LogP contribution in [0.25, 0.3) is 0 Å². The van der Waals surface area contributed by atoms with E-state index in [1.807, 2.05) is 19.1 Å². The summed E-state index contributed by atoms with van der Waals surface area (Å²) in [5.74, 6) is 0.845. The van der Waals surface area contributed by atoms with E-state index in [1.165, 1.54) is 4.88 Å². The van der Waals surface area contributed by atoms with E-state index in [0.29, 0.717) is 0 Å². The Morgan fingerprint density at radius 1 is 1.27 bits per heavy atom. The molecule has 0 spiro atoms. The number of nitrogens with zero attached hydrogens (tertiary/aromatic N) is 2. The average Bonchev–Trinajstić information content (AvgIpc) is 2.74. The second kappa shape index (κ2) is 4.89. The van der Waals surface area contributed by atoms with Gasteiger partial charge in [0.25, 0.3) is 0 Å². The van der Waals surface area contributed by atoms with E-state index < -0.39 is 0 Å². The Labute approximate surface area is 93.2 Å². The lowest BCUT2D eigenvalue weighted by molar-refractivity contribution is 0.950. The highest BCUT2D eigenvalue weighted by Crippen LogP contribution is 2.09. The van der Waals surface area contributed by atoms with Gasteiger partial charge in [-0.3, -0.25) is 0 Å². The van der Waals surface area contributed by atoms with Crippen LogP contribution in [0, 0.1) is 6.92 Å². The number of thiophene rings is 1. The van der Waals surface area contributed by atoms with E-state index in [1.54, 1.807) is 11.3 Å². The SMILES string of the molecule is Cc1ccc(NCCc2cccs2)nn1.